The number of hydrogen-bond donors (Lipinski definition) is 0. The van der Waals surface area contributed by atoms with E-state index in [0.29, 0.717) is 5.56 Å². The molecule has 38 heavy (non-hydrogen) atoms. The van der Waals surface area contributed by atoms with E-state index in [1.807, 2.05) is 0 Å². The average molecular weight is 519 g/mol. The monoisotopic (exact) mass is 518 g/mol. The number of hydrogen-bond acceptors (Lipinski definition) is 9. The van der Waals surface area contributed by atoms with Gasteiger partial charge in [-0.05, 0) is 36.4 Å². The van der Waals surface area contributed by atoms with Crippen LogP contribution in [-0.2, 0) is 28.5 Å². The highest BCUT2D eigenvalue weighted by molar-refractivity contribution is 5.90. The van der Waals surface area contributed by atoms with Gasteiger partial charge in [0.1, 0.15) is 12.7 Å². The van der Waals surface area contributed by atoms with Crippen molar-refractivity contribution < 1.29 is 42.9 Å². The largest absolute Gasteiger partial charge is 0.459 e. The molecular weight excluding hydrogens is 492 g/mol. The van der Waals surface area contributed by atoms with Gasteiger partial charge in [-0.3, -0.25) is 4.79 Å². The van der Waals surface area contributed by atoms with Crippen molar-refractivity contribution in [2.45, 2.75) is 37.9 Å². The number of ether oxygens (including phenoxy) is 5. The summed E-state index contributed by atoms with van der Waals surface area (Å²) in [5.41, 5.74) is 0.880. The lowest BCUT2D eigenvalue weighted by Crippen LogP contribution is -2.54. The Kier molecular flexibility index (Phi) is 8.84. The normalized spacial score (nSPS) is 20.6. The zero-order valence-electron chi connectivity index (χ0n) is 20.6. The van der Waals surface area contributed by atoms with Crippen molar-refractivity contribution in [3.8, 4) is 0 Å². The molecule has 4 rings (SSSR count). The third-order valence-corrected chi connectivity index (χ3v) is 5.67. The van der Waals surface area contributed by atoms with Gasteiger partial charge in [-0.2, -0.15) is 0 Å². The molecule has 3 aromatic carbocycles. The van der Waals surface area contributed by atoms with E-state index in [0.717, 1.165) is 0 Å². The molecule has 0 spiro atoms. The quantitative estimate of drug-likeness (QED) is 0.323. The van der Waals surface area contributed by atoms with E-state index in [9.17, 15) is 19.2 Å². The van der Waals surface area contributed by atoms with Crippen LogP contribution in [0, 0.1) is 0 Å². The summed E-state index contributed by atoms with van der Waals surface area (Å²) in [6.07, 6.45) is -4.59. The van der Waals surface area contributed by atoms with Crippen molar-refractivity contribution in [3.05, 3.63) is 108 Å². The molecule has 0 N–H and O–H groups in total. The van der Waals surface area contributed by atoms with Crippen LogP contribution in [-0.4, -0.2) is 55.1 Å². The second-order valence-electron chi connectivity index (χ2n) is 8.48. The molecule has 0 aliphatic carbocycles. The van der Waals surface area contributed by atoms with Crippen molar-refractivity contribution in [2.24, 2.45) is 0 Å². The Bertz CT molecular complexity index is 1240. The number of esters is 4. The topological polar surface area (TPSA) is 114 Å². The fourth-order valence-electron chi connectivity index (χ4n) is 3.88. The SMILES string of the molecule is CC(=O)O[C@@H]1O[C@H](COC(=O)c2ccccc2)C[C@H](OC(=O)c2ccccc2)[C@H]1OC(=O)c1ccccc1. The Morgan fingerprint density at radius 3 is 1.66 bits per heavy atom. The highest BCUT2D eigenvalue weighted by Crippen LogP contribution is 2.28. The Morgan fingerprint density at radius 2 is 1.16 bits per heavy atom. The van der Waals surface area contributed by atoms with Gasteiger partial charge >= 0.3 is 23.9 Å². The minimum atomic E-state index is -1.41. The Morgan fingerprint density at radius 1 is 0.684 bits per heavy atom. The predicted octanol–water partition coefficient (Wildman–Crippen LogP) is 3.97. The molecule has 4 atom stereocenters. The van der Waals surface area contributed by atoms with Crippen LogP contribution < -0.4 is 0 Å². The zero-order valence-corrected chi connectivity index (χ0v) is 20.6. The van der Waals surface area contributed by atoms with E-state index in [4.69, 9.17) is 23.7 Å². The summed E-state index contributed by atoms with van der Waals surface area (Å²) in [6, 6.07) is 24.9. The van der Waals surface area contributed by atoms with Crippen LogP contribution in [0.4, 0.5) is 0 Å². The van der Waals surface area contributed by atoms with Crippen LogP contribution in [0.3, 0.4) is 0 Å². The highest BCUT2D eigenvalue weighted by Gasteiger charge is 2.46. The van der Waals surface area contributed by atoms with Crippen LogP contribution in [0.25, 0.3) is 0 Å². The zero-order chi connectivity index (χ0) is 26.9. The molecule has 1 saturated heterocycles. The minimum Gasteiger partial charge on any atom is -0.459 e. The molecule has 9 heteroatoms. The summed E-state index contributed by atoms with van der Waals surface area (Å²) in [7, 11) is 0. The number of carbonyl (C=O) groups excluding carboxylic acids is 4. The lowest BCUT2D eigenvalue weighted by molar-refractivity contribution is -0.261. The first-order valence-corrected chi connectivity index (χ1v) is 12.0. The fraction of sp³-hybridized carbons (Fsp3) is 0.241. The molecule has 196 valence electrons. The lowest BCUT2D eigenvalue weighted by atomic mass is 10.0. The van der Waals surface area contributed by atoms with Gasteiger partial charge in [0.2, 0.25) is 12.4 Å². The van der Waals surface area contributed by atoms with E-state index in [-0.39, 0.29) is 24.2 Å². The molecule has 1 aliphatic heterocycles. The minimum absolute atomic E-state index is 0.00510. The third-order valence-electron chi connectivity index (χ3n) is 5.67. The number of benzene rings is 3. The number of carbonyl (C=O) groups is 4. The van der Waals surface area contributed by atoms with Gasteiger partial charge in [-0.15, -0.1) is 0 Å². The Hall–Kier alpha value is -4.50. The maximum Gasteiger partial charge on any atom is 0.338 e. The number of rotatable bonds is 8. The van der Waals surface area contributed by atoms with Crippen molar-refractivity contribution in [1.29, 1.82) is 0 Å². The van der Waals surface area contributed by atoms with Gasteiger partial charge in [0.05, 0.1) is 22.8 Å². The first-order chi connectivity index (χ1) is 18.4. The Labute approximate surface area is 219 Å². The van der Waals surface area contributed by atoms with Crippen LogP contribution in [0.15, 0.2) is 91.0 Å². The molecule has 1 fully saturated rings. The maximum atomic E-state index is 12.9. The molecule has 0 aromatic heterocycles. The highest BCUT2D eigenvalue weighted by atomic mass is 16.7. The van der Waals surface area contributed by atoms with Crippen LogP contribution in [0.2, 0.25) is 0 Å². The summed E-state index contributed by atoms with van der Waals surface area (Å²) in [5.74, 6) is -2.66. The van der Waals surface area contributed by atoms with Gasteiger partial charge in [0.25, 0.3) is 0 Å². The summed E-state index contributed by atoms with van der Waals surface area (Å²) >= 11 is 0. The third kappa shape index (κ3) is 7.04. The van der Waals surface area contributed by atoms with E-state index in [1.54, 1.807) is 91.0 Å². The standard InChI is InChI=1S/C29H26O9/c1-19(30)35-29-25(38-28(33)22-15-9-4-10-16-22)24(37-27(32)21-13-7-3-8-14-21)17-23(36-29)18-34-26(31)20-11-5-2-6-12-20/h2-16,23-25,29H,17-18H2,1H3/t23-,24-,25+,29+/m0/s1. The summed E-state index contributed by atoms with van der Waals surface area (Å²) in [4.78, 5) is 50.1. The van der Waals surface area contributed by atoms with E-state index < -0.39 is 48.5 Å². The molecule has 9 nitrogen and oxygen atoms in total. The molecule has 1 aliphatic rings. The van der Waals surface area contributed by atoms with Crippen molar-refractivity contribution >= 4 is 23.9 Å². The molecule has 3 aromatic rings. The fourth-order valence-corrected chi connectivity index (χ4v) is 3.88. The molecular formula is C29H26O9. The van der Waals surface area contributed by atoms with Crippen LogP contribution in [0.5, 0.6) is 0 Å². The molecule has 0 unspecified atom stereocenters. The Balaban J connectivity index is 1.55. The van der Waals surface area contributed by atoms with Gasteiger partial charge in [-0.1, -0.05) is 54.6 Å². The lowest BCUT2D eigenvalue weighted by Gasteiger charge is -2.39. The van der Waals surface area contributed by atoms with Crippen molar-refractivity contribution in [3.63, 3.8) is 0 Å². The van der Waals surface area contributed by atoms with E-state index >= 15 is 0 Å². The molecule has 0 saturated carbocycles. The second kappa shape index (κ2) is 12.6. The molecule has 1 heterocycles. The molecule has 0 amide bonds. The summed E-state index contributed by atoms with van der Waals surface area (Å²) < 4.78 is 28.0. The maximum absolute atomic E-state index is 12.9. The van der Waals surface area contributed by atoms with Crippen LogP contribution >= 0.6 is 0 Å². The average Bonchev–Trinajstić information content (AvgIpc) is 2.94. The van der Waals surface area contributed by atoms with Gasteiger partial charge in [-0.25, -0.2) is 14.4 Å². The first kappa shape index (κ1) is 26.6. The summed E-state index contributed by atoms with van der Waals surface area (Å²) in [6.45, 7) is 0.952. The van der Waals surface area contributed by atoms with Crippen molar-refractivity contribution in [2.75, 3.05) is 6.61 Å². The smallest absolute Gasteiger partial charge is 0.338 e. The predicted molar refractivity (Wildman–Crippen MR) is 133 cm³/mol. The molecule has 0 radical (unpaired) electrons. The summed E-state index contributed by atoms with van der Waals surface area (Å²) in [5, 5.41) is 0. The van der Waals surface area contributed by atoms with E-state index in [1.165, 1.54) is 6.92 Å². The van der Waals surface area contributed by atoms with Gasteiger partial charge in [0, 0.05) is 13.3 Å². The second-order valence-corrected chi connectivity index (χ2v) is 8.48. The van der Waals surface area contributed by atoms with Crippen LogP contribution in [0.1, 0.15) is 44.4 Å². The first-order valence-electron chi connectivity index (χ1n) is 12.0. The van der Waals surface area contributed by atoms with Gasteiger partial charge < -0.3 is 23.7 Å². The van der Waals surface area contributed by atoms with E-state index in [2.05, 4.69) is 0 Å². The van der Waals surface area contributed by atoms with Crippen molar-refractivity contribution in [1.82, 2.24) is 0 Å². The molecule has 0 bridgehead atoms. The van der Waals surface area contributed by atoms with Gasteiger partial charge in [0.15, 0.2) is 0 Å².